The first-order valence-electron chi connectivity index (χ1n) is 8.49. The average molecular weight is 353 g/mol. The van der Waals surface area contributed by atoms with E-state index in [9.17, 15) is 9.18 Å². The van der Waals surface area contributed by atoms with E-state index in [2.05, 4.69) is 11.4 Å². The molecule has 0 spiro atoms. The second-order valence-electron chi connectivity index (χ2n) is 6.27. The Kier molecular flexibility index (Phi) is 5.49. The van der Waals surface area contributed by atoms with Crippen LogP contribution in [0.15, 0.2) is 48.5 Å². The second-order valence-corrected chi connectivity index (χ2v) is 6.27. The van der Waals surface area contributed by atoms with Gasteiger partial charge in [-0.15, -0.1) is 0 Å². The molecule has 26 heavy (non-hydrogen) atoms. The minimum Gasteiger partial charge on any atom is -0.370 e. The molecule has 5 nitrogen and oxygen atoms in total. The smallest absolute Gasteiger partial charge is 0.318 e. The summed E-state index contributed by atoms with van der Waals surface area (Å²) in [4.78, 5) is 14.3. The number of urea groups is 1. The molecule has 2 aromatic rings. The van der Waals surface area contributed by atoms with E-state index in [4.69, 9.17) is 10.00 Å². The van der Waals surface area contributed by atoms with Gasteiger partial charge in [-0.05, 0) is 42.3 Å². The third-order valence-corrected chi connectivity index (χ3v) is 4.43. The van der Waals surface area contributed by atoms with Gasteiger partial charge in [-0.2, -0.15) is 5.26 Å². The molecule has 1 fully saturated rings. The molecule has 1 N–H and O–H groups in total. The molecule has 134 valence electrons. The molecular weight excluding hydrogens is 333 g/mol. The molecule has 0 radical (unpaired) electrons. The third kappa shape index (κ3) is 4.19. The fraction of sp³-hybridized carbons (Fsp3) is 0.300. The van der Waals surface area contributed by atoms with Gasteiger partial charge in [-0.1, -0.05) is 24.3 Å². The van der Waals surface area contributed by atoms with Gasteiger partial charge in [0, 0.05) is 6.54 Å². The fourth-order valence-electron chi connectivity index (χ4n) is 2.98. The predicted octanol–water partition coefficient (Wildman–Crippen LogP) is 3.54. The summed E-state index contributed by atoms with van der Waals surface area (Å²) in [5.74, 6) is -0.321. The van der Waals surface area contributed by atoms with E-state index in [1.165, 1.54) is 12.1 Å². The lowest BCUT2D eigenvalue weighted by Crippen LogP contribution is -2.47. The van der Waals surface area contributed by atoms with Crippen LogP contribution in [0, 0.1) is 17.1 Å². The van der Waals surface area contributed by atoms with Crippen LogP contribution in [0.2, 0.25) is 0 Å². The lowest BCUT2D eigenvalue weighted by molar-refractivity contribution is -0.0158. The minimum atomic E-state index is -0.345. The van der Waals surface area contributed by atoms with Crippen molar-refractivity contribution < 1.29 is 13.9 Å². The highest BCUT2D eigenvalue weighted by atomic mass is 19.1. The van der Waals surface area contributed by atoms with Crippen LogP contribution in [-0.2, 0) is 4.74 Å². The summed E-state index contributed by atoms with van der Waals surface area (Å²) in [5, 5.41) is 11.9. The Hall–Kier alpha value is -2.91. The highest BCUT2D eigenvalue weighted by Crippen LogP contribution is 2.23. The number of amides is 2. The number of benzene rings is 2. The van der Waals surface area contributed by atoms with Crippen molar-refractivity contribution in [3.05, 3.63) is 71.0 Å². The number of morpholine rings is 1. The molecular formula is C20H20FN3O2. The van der Waals surface area contributed by atoms with Gasteiger partial charge in [0.25, 0.3) is 0 Å². The van der Waals surface area contributed by atoms with Gasteiger partial charge in [-0.25, -0.2) is 9.18 Å². The SMILES string of the molecule is C[C@@H](NC(=O)N1CCO[C@H](c2cccc(F)c2)C1)c1cccc(C#N)c1. The maximum atomic E-state index is 13.4. The molecule has 0 unspecified atom stereocenters. The normalized spacial score (nSPS) is 18.0. The lowest BCUT2D eigenvalue weighted by atomic mass is 10.1. The number of hydrogen-bond acceptors (Lipinski definition) is 3. The summed E-state index contributed by atoms with van der Waals surface area (Å²) in [7, 11) is 0. The standard InChI is InChI=1S/C20H20FN3O2/c1-14(16-5-2-4-15(10-16)12-22)23-20(25)24-8-9-26-19(13-24)17-6-3-7-18(21)11-17/h2-7,10-11,14,19H,8-9,13H2,1H3,(H,23,25)/t14-,19+/m1/s1. The first kappa shape index (κ1) is 17.9. The van der Waals surface area contributed by atoms with E-state index in [1.54, 1.807) is 35.2 Å². The van der Waals surface area contributed by atoms with Gasteiger partial charge in [0.15, 0.2) is 0 Å². The number of nitrogens with one attached hydrogen (secondary N) is 1. The summed E-state index contributed by atoms with van der Waals surface area (Å²) in [6.45, 7) is 3.11. The van der Waals surface area contributed by atoms with Crippen LogP contribution in [0.25, 0.3) is 0 Å². The van der Waals surface area contributed by atoms with E-state index >= 15 is 0 Å². The number of carbonyl (C=O) groups is 1. The second kappa shape index (κ2) is 7.98. The number of carbonyl (C=O) groups excluding carboxylic acids is 1. The van der Waals surface area contributed by atoms with Crippen molar-refractivity contribution in [3.8, 4) is 6.07 Å². The van der Waals surface area contributed by atoms with Crippen molar-refractivity contribution in [2.75, 3.05) is 19.7 Å². The molecule has 2 atom stereocenters. The van der Waals surface area contributed by atoms with Crippen molar-refractivity contribution in [2.24, 2.45) is 0 Å². The van der Waals surface area contributed by atoms with Crippen LogP contribution in [0.3, 0.4) is 0 Å². The number of hydrogen-bond donors (Lipinski definition) is 1. The molecule has 2 amide bonds. The number of halogens is 1. The van der Waals surface area contributed by atoms with Gasteiger partial charge < -0.3 is 15.0 Å². The van der Waals surface area contributed by atoms with Gasteiger partial charge in [0.2, 0.25) is 0 Å². The first-order valence-corrected chi connectivity index (χ1v) is 8.49. The molecule has 2 aromatic carbocycles. The Labute approximate surface area is 152 Å². The van der Waals surface area contributed by atoms with E-state index in [0.717, 1.165) is 11.1 Å². The first-order chi connectivity index (χ1) is 12.6. The Bertz CT molecular complexity index is 834. The molecule has 3 rings (SSSR count). The van der Waals surface area contributed by atoms with Crippen LogP contribution >= 0.6 is 0 Å². The summed E-state index contributed by atoms with van der Waals surface area (Å²) in [5.41, 5.74) is 2.14. The maximum absolute atomic E-state index is 13.4. The minimum absolute atomic E-state index is 0.204. The van der Waals surface area contributed by atoms with E-state index in [0.29, 0.717) is 25.3 Å². The predicted molar refractivity (Wildman–Crippen MR) is 94.8 cm³/mol. The summed E-state index contributed by atoms with van der Waals surface area (Å²) < 4.78 is 19.1. The van der Waals surface area contributed by atoms with E-state index in [-0.39, 0.29) is 24.0 Å². The van der Waals surface area contributed by atoms with E-state index < -0.39 is 0 Å². The summed E-state index contributed by atoms with van der Waals surface area (Å²) >= 11 is 0. The molecule has 1 saturated heterocycles. The number of ether oxygens (including phenoxy) is 1. The number of nitrogens with zero attached hydrogens (tertiary/aromatic N) is 2. The van der Waals surface area contributed by atoms with Crippen molar-refractivity contribution in [2.45, 2.75) is 19.1 Å². The largest absolute Gasteiger partial charge is 0.370 e. The molecule has 0 aromatic heterocycles. The topological polar surface area (TPSA) is 65.4 Å². The monoisotopic (exact) mass is 353 g/mol. The molecule has 1 aliphatic heterocycles. The molecule has 0 aliphatic carbocycles. The Balaban J connectivity index is 1.64. The molecule has 1 heterocycles. The van der Waals surface area contributed by atoms with Gasteiger partial charge in [-0.3, -0.25) is 0 Å². The third-order valence-electron chi connectivity index (χ3n) is 4.43. The Morgan fingerprint density at radius 3 is 2.92 bits per heavy atom. The fourth-order valence-corrected chi connectivity index (χ4v) is 2.98. The van der Waals surface area contributed by atoms with E-state index in [1.807, 2.05) is 13.0 Å². The zero-order chi connectivity index (χ0) is 18.5. The van der Waals surface area contributed by atoms with Crippen LogP contribution in [0.1, 0.15) is 35.8 Å². The quantitative estimate of drug-likeness (QED) is 0.918. The highest BCUT2D eigenvalue weighted by Gasteiger charge is 2.26. The molecule has 6 heteroatoms. The zero-order valence-corrected chi connectivity index (χ0v) is 14.5. The molecule has 0 bridgehead atoms. The molecule has 1 aliphatic rings. The van der Waals surface area contributed by atoms with Crippen molar-refractivity contribution in [1.82, 2.24) is 10.2 Å². The Morgan fingerprint density at radius 1 is 1.35 bits per heavy atom. The zero-order valence-electron chi connectivity index (χ0n) is 14.5. The highest BCUT2D eigenvalue weighted by molar-refractivity contribution is 5.75. The number of nitriles is 1. The van der Waals surface area contributed by atoms with Crippen LogP contribution < -0.4 is 5.32 Å². The summed E-state index contributed by atoms with van der Waals surface area (Å²) in [6, 6.07) is 15.1. The molecule has 0 saturated carbocycles. The van der Waals surface area contributed by atoms with Crippen LogP contribution in [-0.4, -0.2) is 30.6 Å². The summed E-state index contributed by atoms with van der Waals surface area (Å²) in [6.07, 6.45) is -0.345. The van der Waals surface area contributed by atoms with Crippen molar-refractivity contribution >= 4 is 6.03 Å². The van der Waals surface area contributed by atoms with Crippen molar-refractivity contribution in [1.29, 1.82) is 5.26 Å². The van der Waals surface area contributed by atoms with Crippen molar-refractivity contribution in [3.63, 3.8) is 0 Å². The van der Waals surface area contributed by atoms with Gasteiger partial charge in [0.1, 0.15) is 11.9 Å². The lowest BCUT2D eigenvalue weighted by Gasteiger charge is -2.34. The average Bonchev–Trinajstić information content (AvgIpc) is 2.68. The Morgan fingerprint density at radius 2 is 2.15 bits per heavy atom. The maximum Gasteiger partial charge on any atom is 0.318 e. The van der Waals surface area contributed by atoms with Crippen LogP contribution in [0.5, 0.6) is 0 Å². The number of rotatable bonds is 3. The van der Waals surface area contributed by atoms with Crippen LogP contribution in [0.4, 0.5) is 9.18 Å². The van der Waals surface area contributed by atoms with Gasteiger partial charge >= 0.3 is 6.03 Å². The van der Waals surface area contributed by atoms with Gasteiger partial charge in [0.05, 0.1) is 30.8 Å².